The third kappa shape index (κ3) is 7.88. The monoisotopic (exact) mass is 500 g/mol. The van der Waals surface area contributed by atoms with Crippen LogP contribution in [0.3, 0.4) is 0 Å². The lowest BCUT2D eigenvalue weighted by Gasteiger charge is -2.29. The molecular formula is C26H32N2O8. The first-order valence-corrected chi connectivity index (χ1v) is 12.2. The van der Waals surface area contributed by atoms with E-state index in [0.29, 0.717) is 44.0 Å². The summed E-state index contributed by atoms with van der Waals surface area (Å²) < 4.78 is 21.0. The molecule has 1 saturated heterocycles. The number of piperidine rings is 1. The van der Waals surface area contributed by atoms with E-state index >= 15 is 0 Å². The normalized spacial score (nSPS) is 16.9. The summed E-state index contributed by atoms with van der Waals surface area (Å²) in [4.78, 5) is 49.4. The van der Waals surface area contributed by atoms with Crippen molar-refractivity contribution in [1.29, 1.82) is 0 Å². The molecule has 2 aliphatic heterocycles. The van der Waals surface area contributed by atoms with Crippen LogP contribution in [-0.2, 0) is 39.9 Å². The van der Waals surface area contributed by atoms with Gasteiger partial charge in [-0.25, -0.2) is 4.79 Å². The average Bonchev–Trinajstić information content (AvgIpc) is 3.19. The molecule has 1 aromatic carbocycles. The average molecular weight is 501 g/mol. The van der Waals surface area contributed by atoms with Crippen LogP contribution in [-0.4, -0.2) is 80.9 Å². The Hall–Kier alpha value is -3.26. The molecule has 0 radical (unpaired) electrons. The molecule has 1 N–H and O–H groups in total. The number of nitrogens with zero attached hydrogens (tertiary/aromatic N) is 1. The van der Waals surface area contributed by atoms with Crippen molar-refractivity contribution in [2.45, 2.75) is 45.2 Å². The van der Waals surface area contributed by atoms with Crippen LogP contribution < -0.4 is 5.32 Å². The SMILES string of the molecule is CCCCOC(=O)COCCOCCOCC#Cc1cccc2c1CN(C1CCC(=O)NC1=O)C2=O. The molecule has 0 spiro atoms. The van der Waals surface area contributed by atoms with Gasteiger partial charge in [-0.1, -0.05) is 31.3 Å². The summed E-state index contributed by atoms with van der Waals surface area (Å²) in [5.74, 6) is 4.63. The second-order valence-corrected chi connectivity index (χ2v) is 8.32. The summed E-state index contributed by atoms with van der Waals surface area (Å²) in [7, 11) is 0. The molecule has 3 rings (SSSR count). The summed E-state index contributed by atoms with van der Waals surface area (Å²) in [6, 6.07) is 4.66. The summed E-state index contributed by atoms with van der Waals surface area (Å²) in [6.07, 6.45) is 2.34. The molecule has 0 bridgehead atoms. The van der Waals surface area contributed by atoms with Gasteiger partial charge in [0.2, 0.25) is 11.8 Å². The topological polar surface area (TPSA) is 120 Å². The minimum absolute atomic E-state index is 0.0841. The van der Waals surface area contributed by atoms with Gasteiger partial charge in [0, 0.05) is 24.1 Å². The maximum absolute atomic E-state index is 12.8. The maximum atomic E-state index is 12.8. The maximum Gasteiger partial charge on any atom is 0.332 e. The first kappa shape index (κ1) is 27.3. The van der Waals surface area contributed by atoms with Crippen molar-refractivity contribution in [2.75, 3.05) is 46.2 Å². The van der Waals surface area contributed by atoms with E-state index in [1.165, 1.54) is 4.90 Å². The van der Waals surface area contributed by atoms with Crippen LogP contribution in [0.5, 0.6) is 0 Å². The molecule has 1 aromatic rings. The van der Waals surface area contributed by atoms with Crippen molar-refractivity contribution in [2.24, 2.45) is 0 Å². The van der Waals surface area contributed by atoms with E-state index in [9.17, 15) is 19.2 Å². The van der Waals surface area contributed by atoms with E-state index in [2.05, 4.69) is 17.2 Å². The molecule has 2 aliphatic rings. The largest absolute Gasteiger partial charge is 0.464 e. The Morgan fingerprint density at radius 2 is 1.86 bits per heavy atom. The summed E-state index contributed by atoms with van der Waals surface area (Å²) in [5, 5.41) is 2.30. The first-order chi connectivity index (χ1) is 17.5. The van der Waals surface area contributed by atoms with E-state index in [-0.39, 0.29) is 50.6 Å². The molecule has 10 nitrogen and oxygen atoms in total. The smallest absolute Gasteiger partial charge is 0.332 e. The van der Waals surface area contributed by atoms with Crippen LogP contribution in [0.25, 0.3) is 0 Å². The van der Waals surface area contributed by atoms with E-state index in [0.717, 1.165) is 18.4 Å². The number of imide groups is 1. The molecule has 1 atom stereocenters. The minimum atomic E-state index is -0.656. The van der Waals surface area contributed by atoms with Gasteiger partial charge in [0.25, 0.3) is 5.91 Å². The molecule has 194 valence electrons. The van der Waals surface area contributed by atoms with Crippen LogP contribution in [0.15, 0.2) is 18.2 Å². The van der Waals surface area contributed by atoms with Crippen LogP contribution in [0.4, 0.5) is 0 Å². The highest BCUT2D eigenvalue weighted by atomic mass is 16.6. The molecule has 0 aromatic heterocycles. The lowest BCUT2D eigenvalue weighted by atomic mass is 10.0. The predicted molar refractivity (Wildman–Crippen MR) is 128 cm³/mol. The highest BCUT2D eigenvalue weighted by molar-refractivity contribution is 6.05. The van der Waals surface area contributed by atoms with Crippen LogP contribution in [0.1, 0.15) is 54.1 Å². The molecule has 1 fully saturated rings. The Morgan fingerprint density at radius 1 is 1.08 bits per heavy atom. The number of nitrogens with one attached hydrogen (secondary N) is 1. The standard InChI is InChI=1S/C26H32N2O8/c1-2-3-12-36-24(30)18-35-16-15-34-14-13-33-11-5-7-19-6-4-8-20-21(19)17-28(26(20)32)22-9-10-23(29)27-25(22)31/h4,6,8,22H,2-3,9-18H2,1H3,(H,27,29,31). The van der Waals surface area contributed by atoms with Crippen molar-refractivity contribution < 1.29 is 38.1 Å². The van der Waals surface area contributed by atoms with Crippen LogP contribution in [0, 0.1) is 11.8 Å². The zero-order chi connectivity index (χ0) is 25.8. The first-order valence-electron chi connectivity index (χ1n) is 12.2. The number of benzene rings is 1. The molecule has 0 saturated carbocycles. The molecule has 10 heteroatoms. The van der Waals surface area contributed by atoms with Gasteiger partial charge in [0.15, 0.2) is 0 Å². The second kappa shape index (κ2) is 14.3. The summed E-state index contributed by atoms with van der Waals surface area (Å²) >= 11 is 0. The van der Waals surface area contributed by atoms with Gasteiger partial charge in [-0.3, -0.25) is 19.7 Å². The number of carbonyl (C=O) groups excluding carboxylic acids is 4. The minimum Gasteiger partial charge on any atom is -0.464 e. The number of hydrogen-bond donors (Lipinski definition) is 1. The van der Waals surface area contributed by atoms with Crippen molar-refractivity contribution in [3.05, 3.63) is 34.9 Å². The number of carbonyl (C=O) groups is 4. The van der Waals surface area contributed by atoms with Crippen molar-refractivity contribution in [3.63, 3.8) is 0 Å². The zero-order valence-corrected chi connectivity index (χ0v) is 20.5. The zero-order valence-electron chi connectivity index (χ0n) is 20.5. The molecular weight excluding hydrogens is 468 g/mol. The number of hydrogen-bond acceptors (Lipinski definition) is 8. The number of esters is 1. The molecule has 3 amide bonds. The number of rotatable bonds is 13. The van der Waals surface area contributed by atoms with Gasteiger partial charge < -0.3 is 23.8 Å². The van der Waals surface area contributed by atoms with Crippen LogP contribution in [0.2, 0.25) is 0 Å². The second-order valence-electron chi connectivity index (χ2n) is 8.32. The Morgan fingerprint density at radius 3 is 2.64 bits per heavy atom. The molecule has 1 unspecified atom stereocenters. The van der Waals surface area contributed by atoms with Gasteiger partial charge >= 0.3 is 5.97 Å². The van der Waals surface area contributed by atoms with E-state index in [1.807, 2.05) is 13.0 Å². The third-order valence-electron chi connectivity index (χ3n) is 5.70. The summed E-state index contributed by atoms with van der Waals surface area (Å²) in [5.41, 5.74) is 2.01. The fourth-order valence-corrected chi connectivity index (χ4v) is 3.82. The van der Waals surface area contributed by atoms with Gasteiger partial charge in [-0.15, -0.1) is 0 Å². The fourth-order valence-electron chi connectivity index (χ4n) is 3.82. The van der Waals surface area contributed by atoms with Crippen molar-refractivity contribution >= 4 is 23.7 Å². The molecule has 2 heterocycles. The van der Waals surface area contributed by atoms with Gasteiger partial charge in [-0.2, -0.15) is 0 Å². The lowest BCUT2D eigenvalue weighted by Crippen LogP contribution is -2.52. The Bertz CT molecular complexity index is 1010. The Kier molecular flexibility index (Phi) is 10.9. The van der Waals surface area contributed by atoms with Crippen molar-refractivity contribution in [1.82, 2.24) is 10.2 Å². The number of amides is 3. The lowest BCUT2D eigenvalue weighted by molar-refractivity contribution is -0.149. The fraction of sp³-hybridized carbons (Fsp3) is 0.538. The highest BCUT2D eigenvalue weighted by Gasteiger charge is 2.39. The van der Waals surface area contributed by atoms with Gasteiger partial charge in [0.05, 0.1) is 33.0 Å². The third-order valence-corrected chi connectivity index (χ3v) is 5.70. The number of ether oxygens (including phenoxy) is 4. The van der Waals surface area contributed by atoms with Crippen LogP contribution >= 0.6 is 0 Å². The van der Waals surface area contributed by atoms with E-state index in [4.69, 9.17) is 18.9 Å². The Labute approximate surface area is 210 Å². The number of unbranched alkanes of at least 4 members (excludes halogenated alkanes) is 1. The van der Waals surface area contributed by atoms with Gasteiger partial charge in [0.1, 0.15) is 19.3 Å². The quantitative estimate of drug-likeness (QED) is 0.186. The van der Waals surface area contributed by atoms with Gasteiger partial charge in [-0.05, 0) is 30.5 Å². The molecule has 0 aliphatic carbocycles. The summed E-state index contributed by atoms with van der Waals surface area (Å²) in [6.45, 7) is 4.17. The van der Waals surface area contributed by atoms with E-state index in [1.54, 1.807) is 12.1 Å². The highest BCUT2D eigenvalue weighted by Crippen LogP contribution is 2.29. The number of fused-ring (bicyclic) bond motifs is 1. The van der Waals surface area contributed by atoms with Crippen molar-refractivity contribution in [3.8, 4) is 11.8 Å². The van der Waals surface area contributed by atoms with E-state index < -0.39 is 11.9 Å². The molecule has 36 heavy (non-hydrogen) atoms. The predicted octanol–water partition coefficient (Wildman–Crippen LogP) is 1.19. The Balaban J connectivity index is 1.33.